The molecule has 1 aliphatic carbocycles. The van der Waals surface area contributed by atoms with Gasteiger partial charge in [0.25, 0.3) is 0 Å². The summed E-state index contributed by atoms with van der Waals surface area (Å²) in [4.78, 5) is 0.246. The zero-order valence-corrected chi connectivity index (χ0v) is 13.0. The lowest BCUT2D eigenvalue weighted by Gasteiger charge is -2.16. The monoisotopic (exact) mass is 321 g/mol. The average molecular weight is 322 g/mol. The van der Waals surface area contributed by atoms with Crippen LogP contribution in [0.4, 0.5) is 0 Å². The summed E-state index contributed by atoms with van der Waals surface area (Å²) >= 11 is 5.79. The van der Waals surface area contributed by atoms with E-state index in [0.717, 1.165) is 12.8 Å². The molecule has 0 aromatic heterocycles. The molecule has 0 atom stereocenters. The van der Waals surface area contributed by atoms with Crippen LogP contribution in [0.5, 0.6) is 0 Å². The van der Waals surface area contributed by atoms with Crippen molar-refractivity contribution in [3.63, 3.8) is 0 Å². The zero-order valence-electron chi connectivity index (χ0n) is 11.4. The minimum absolute atomic E-state index is 0.0409. The molecule has 1 N–H and O–H groups in total. The Morgan fingerprint density at radius 2 is 1.62 bits per heavy atom. The molecule has 0 amide bonds. The molecule has 1 saturated carbocycles. The van der Waals surface area contributed by atoms with Gasteiger partial charge < -0.3 is 0 Å². The largest absolute Gasteiger partial charge is 0.240 e. The second kappa shape index (κ2) is 5.44. The molecule has 0 radical (unpaired) electrons. The molecule has 3 rings (SSSR count). The number of nitrogens with one attached hydrogen (secondary N) is 1. The SMILES string of the molecule is O=S(=O)(NCC1(c2ccccc2)CC1)c1ccc(Cl)cc1. The zero-order chi connectivity index (χ0) is 14.9. The molecule has 0 heterocycles. The summed E-state index contributed by atoms with van der Waals surface area (Å²) in [6.07, 6.45) is 2.03. The first-order valence-corrected chi connectivity index (χ1v) is 8.69. The molecule has 1 aliphatic rings. The van der Waals surface area contributed by atoms with Crippen molar-refractivity contribution in [3.8, 4) is 0 Å². The van der Waals surface area contributed by atoms with Gasteiger partial charge in [0.1, 0.15) is 0 Å². The molecule has 110 valence electrons. The van der Waals surface area contributed by atoms with Gasteiger partial charge in [0.05, 0.1) is 4.90 Å². The van der Waals surface area contributed by atoms with Crippen LogP contribution in [0.1, 0.15) is 18.4 Å². The Bertz CT molecular complexity index is 723. The smallest absolute Gasteiger partial charge is 0.210 e. The molecule has 0 unspecified atom stereocenters. The topological polar surface area (TPSA) is 46.2 Å². The van der Waals surface area contributed by atoms with E-state index in [-0.39, 0.29) is 10.3 Å². The minimum atomic E-state index is -3.49. The van der Waals surface area contributed by atoms with Crippen molar-refractivity contribution in [1.29, 1.82) is 0 Å². The van der Waals surface area contributed by atoms with E-state index in [0.29, 0.717) is 11.6 Å². The maximum absolute atomic E-state index is 12.3. The van der Waals surface area contributed by atoms with Gasteiger partial charge in [-0.05, 0) is 42.7 Å². The molecular weight excluding hydrogens is 306 g/mol. The van der Waals surface area contributed by atoms with E-state index in [1.807, 2.05) is 18.2 Å². The van der Waals surface area contributed by atoms with Crippen LogP contribution in [0.2, 0.25) is 5.02 Å². The van der Waals surface area contributed by atoms with Crippen LogP contribution in [0.25, 0.3) is 0 Å². The first kappa shape index (κ1) is 14.6. The predicted octanol–water partition coefficient (Wildman–Crippen LogP) is 3.35. The van der Waals surface area contributed by atoms with Gasteiger partial charge in [-0.3, -0.25) is 0 Å². The highest BCUT2D eigenvalue weighted by Crippen LogP contribution is 2.47. The fourth-order valence-corrected chi connectivity index (χ4v) is 3.69. The molecular formula is C16H16ClNO2S. The Balaban J connectivity index is 1.74. The highest BCUT2D eigenvalue weighted by atomic mass is 35.5. The fourth-order valence-electron chi connectivity index (χ4n) is 2.44. The van der Waals surface area contributed by atoms with Crippen LogP contribution >= 0.6 is 11.6 Å². The van der Waals surface area contributed by atoms with Crippen LogP contribution in [0.15, 0.2) is 59.5 Å². The molecule has 0 saturated heterocycles. The van der Waals surface area contributed by atoms with Gasteiger partial charge in [-0.25, -0.2) is 13.1 Å². The Morgan fingerprint density at radius 1 is 1.00 bits per heavy atom. The minimum Gasteiger partial charge on any atom is -0.210 e. The van der Waals surface area contributed by atoms with E-state index < -0.39 is 10.0 Å². The van der Waals surface area contributed by atoms with E-state index in [4.69, 9.17) is 11.6 Å². The molecule has 1 fully saturated rings. The lowest BCUT2D eigenvalue weighted by molar-refractivity contribution is 0.567. The third-order valence-electron chi connectivity index (χ3n) is 3.96. The number of hydrogen-bond donors (Lipinski definition) is 1. The van der Waals surface area contributed by atoms with Crippen LogP contribution < -0.4 is 4.72 Å². The Morgan fingerprint density at radius 3 is 2.19 bits per heavy atom. The van der Waals surface area contributed by atoms with Crippen molar-refractivity contribution >= 4 is 21.6 Å². The Kier molecular flexibility index (Phi) is 3.78. The maximum Gasteiger partial charge on any atom is 0.240 e. The molecule has 0 spiro atoms. The van der Waals surface area contributed by atoms with Gasteiger partial charge in [-0.15, -0.1) is 0 Å². The number of benzene rings is 2. The quantitative estimate of drug-likeness (QED) is 0.918. The number of sulfonamides is 1. The molecule has 21 heavy (non-hydrogen) atoms. The molecule has 2 aromatic carbocycles. The van der Waals surface area contributed by atoms with E-state index in [1.54, 1.807) is 12.1 Å². The van der Waals surface area contributed by atoms with Gasteiger partial charge in [0.2, 0.25) is 10.0 Å². The number of halogens is 1. The summed E-state index contributed by atoms with van der Waals surface area (Å²) in [5.74, 6) is 0. The van der Waals surface area contributed by atoms with Crippen molar-refractivity contribution in [3.05, 3.63) is 65.2 Å². The van der Waals surface area contributed by atoms with Gasteiger partial charge in [0.15, 0.2) is 0 Å². The van der Waals surface area contributed by atoms with Gasteiger partial charge in [-0.2, -0.15) is 0 Å². The van der Waals surface area contributed by atoms with E-state index in [9.17, 15) is 8.42 Å². The number of hydrogen-bond acceptors (Lipinski definition) is 2. The van der Waals surface area contributed by atoms with Crippen molar-refractivity contribution < 1.29 is 8.42 Å². The summed E-state index contributed by atoms with van der Waals surface area (Å²) in [6.45, 7) is 0.433. The standard InChI is InChI=1S/C16H16ClNO2S/c17-14-6-8-15(9-7-14)21(19,20)18-12-16(10-11-16)13-4-2-1-3-5-13/h1-9,18H,10-12H2. The van der Waals surface area contributed by atoms with E-state index in [1.165, 1.54) is 17.7 Å². The Hall–Kier alpha value is -1.36. The molecule has 3 nitrogen and oxygen atoms in total. The first-order valence-electron chi connectivity index (χ1n) is 6.83. The highest BCUT2D eigenvalue weighted by molar-refractivity contribution is 7.89. The van der Waals surface area contributed by atoms with Crippen molar-refractivity contribution in [1.82, 2.24) is 4.72 Å². The highest BCUT2D eigenvalue weighted by Gasteiger charge is 2.44. The van der Waals surface area contributed by atoms with Crippen LogP contribution in [0.3, 0.4) is 0 Å². The van der Waals surface area contributed by atoms with Crippen LogP contribution in [0, 0.1) is 0 Å². The number of rotatable bonds is 5. The maximum atomic E-state index is 12.3. The third kappa shape index (κ3) is 3.12. The van der Waals surface area contributed by atoms with E-state index >= 15 is 0 Å². The molecule has 0 bridgehead atoms. The van der Waals surface area contributed by atoms with Crippen molar-refractivity contribution in [2.75, 3.05) is 6.54 Å². The second-order valence-corrected chi connectivity index (χ2v) is 7.63. The second-order valence-electron chi connectivity index (χ2n) is 5.42. The molecule has 2 aromatic rings. The summed E-state index contributed by atoms with van der Waals surface area (Å²) in [5, 5.41) is 0.525. The lowest BCUT2D eigenvalue weighted by Crippen LogP contribution is -2.32. The molecule has 0 aliphatic heterocycles. The predicted molar refractivity (Wildman–Crippen MR) is 84.0 cm³/mol. The van der Waals surface area contributed by atoms with Gasteiger partial charge >= 0.3 is 0 Å². The fraction of sp³-hybridized carbons (Fsp3) is 0.250. The summed E-state index contributed by atoms with van der Waals surface area (Å²) in [7, 11) is -3.49. The van der Waals surface area contributed by atoms with E-state index in [2.05, 4.69) is 16.9 Å². The normalized spacial score (nSPS) is 16.6. The van der Waals surface area contributed by atoms with Crippen LogP contribution in [-0.4, -0.2) is 15.0 Å². The van der Waals surface area contributed by atoms with Crippen LogP contribution in [-0.2, 0) is 15.4 Å². The summed E-state index contributed by atoms with van der Waals surface area (Å²) in [5.41, 5.74) is 1.16. The third-order valence-corrected chi connectivity index (χ3v) is 5.63. The van der Waals surface area contributed by atoms with Gasteiger partial charge in [-0.1, -0.05) is 41.9 Å². The summed E-state index contributed by atoms with van der Waals surface area (Å²) < 4.78 is 27.3. The van der Waals surface area contributed by atoms with Crippen molar-refractivity contribution in [2.45, 2.75) is 23.2 Å². The van der Waals surface area contributed by atoms with Gasteiger partial charge in [0, 0.05) is 17.0 Å². The first-order chi connectivity index (χ1) is 10.0. The average Bonchev–Trinajstić information content (AvgIpc) is 3.28. The van der Waals surface area contributed by atoms with Crippen molar-refractivity contribution in [2.24, 2.45) is 0 Å². The lowest BCUT2D eigenvalue weighted by atomic mass is 9.96. The Labute approximate surface area is 130 Å². The summed E-state index contributed by atoms with van der Waals surface area (Å²) in [6, 6.07) is 16.3. The molecule has 5 heteroatoms.